The lowest BCUT2D eigenvalue weighted by atomic mass is 9.93. The Morgan fingerprint density at radius 3 is 2.81 bits per heavy atom. The summed E-state index contributed by atoms with van der Waals surface area (Å²) >= 11 is 0. The van der Waals surface area contributed by atoms with Gasteiger partial charge >= 0.3 is 0 Å². The highest BCUT2D eigenvalue weighted by molar-refractivity contribution is 5.79. The monoisotopic (exact) mass is 277 g/mol. The third-order valence-electron chi connectivity index (χ3n) is 3.77. The van der Waals surface area contributed by atoms with Crippen molar-refractivity contribution in [1.82, 2.24) is 15.0 Å². The van der Waals surface area contributed by atoms with Crippen LogP contribution >= 0.6 is 0 Å². The van der Waals surface area contributed by atoms with Crippen molar-refractivity contribution in [3.05, 3.63) is 47.8 Å². The number of aromatic nitrogens is 3. The Morgan fingerprint density at radius 2 is 1.95 bits per heavy atom. The van der Waals surface area contributed by atoms with Gasteiger partial charge in [0.15, 0.2) is 5.65 Å². The van der Waals surface area contributed by atoms with E-state index in [1.807, 2.05) is 38.1 Å². The zero-order valence-corrected chi connectivity index (χ0v) is 12.2. The van der Waals surface area contributed by atoms with Gasteiger partial charge in [-0.2, -0.15) is 0 Å². The number of fused-ring (bicyclic) bond motifs is 4. The molecule has 2 aromatic heterocycles. The van der Waals surface area contributed by atoms with Crippen LogP contribution in [0.3, 0.4) is 0 Å². The van der Waals surface area contributed by atoms with E-state index in [4.69, 9.17) is 14.7 Å². The molecule has 0 amide bonds. The first-order valence-corrected chi connectivity index (χ1v) is 6.98. The fourth-order valence-electron chi connectivity index (χ4n) is 2.74. The van der Waals surface area contributed by atoms with E-state index >= 15 is 0 Å². The van der Waals surface area contributed by atoms with Gasteiger partial charge in [-0.25, -0.2) is 15.0 Å². The van der Waals surface area contributed by atoms with Crippen molar-refractivity contribution in [3.63, 3.8) is 0 Å². The summed E-state index contributed by atoms with van der Waals surface area (Å²) in [6.45, 7) is 6.10. The van der Waals surface area contributed by atoms with E-state index in [0.29, 0.717) is 5.65 Å². The van der Waals surface area contributed by atoms with Crippen LogP contribution in [0.1, 0.15) is 25.1 Å². The van der Waals surface area contributed by atoms with Crippen LogP contribution in [-0.2, 0) is 5.60 Å². The maximum absolute atomic E-state index is 6.13. The minimum absolute atomic E-state index is 0.505. The van der Waals surface area contributed by atoms with Crippen molar-refractivity contribution in [1.29, 1.82) is 0 Å². The molecule has 0 bridgehead atoms. The van der Waals surface area contributed by atoms with Gasteiger partial charge in [-0.05, 0) is 45.0 Å². The largest absolute Gasteiger partial charge is 0.481 e. The summed E-state index contributed by atoms with van der Waals surface area (Å²) in [7, 11) is 0. The lowest BCUT2D eigenvalue weighted by Gasteiger charge is -2.33. The van der Waals surface area contributed by atoms with Crippen LogP contribution in [0.5, 0.6) is 5.75 Å². The van der Waals surface area contributed by atoms with Gasteiger partial charge in [-0.3, -0.25) is 0 Å². The second-order valence-electron chi connectivity index (χ2n) is 5.88. The molecule has 3 aromatic rings. The molecule has 1 aliphatic heterocycles. The molecule has 1 aromatic carbocycles. The Bertz CT molecular complexity index is 871. The molecule has 0 saturated heterocycles. The van der Waals surface area contributed by atoms with Gasteiger partial charge in [0.2, 0.25) is 0 Å². The van der Waals surface area contributed by atoms with Crippen LogP contribution in [0, 0.1) is 6.92 Å². The number of aryl methyl sites for hydroxylation is 1. The molecular formula is C17H15N3O. The highest BCUT2D eigenvalue weighted by Gasteiger charge is 2.35. The number of nitrogens with zero attached hydrogens (tertiary/aromatic N) is 3. The van der Waals surface area contributed by atoms with Crippen molar-refractivity contribution in [2.45, 2.75) is 26.4 Å². The van der Waals surface area contributed by atoms with Crippen molar-refractivity contribution in [2.75, 3.05) is 0 Å². The average molecular weight is 277 g/mol. The van der Waals surface area contributed by atoms with Gasteiger partial charge in [-0.15, -0.1) is 0 Å². The van der Waals surface area contributed by atoms with E-state index < -0.39 is 5.60 Å². The van der Waals surface area contributed by atoms with E-state index in [2.05, 4.69) is 18.0 Å². The minimum atomic E-state index is -0.505. The molecule has 21 heavy (non-hydrogen) atoms. The summed E-state index contributed by atoms with van der Waals surface area (Å²) in [5, 5.41) is 0. The fourth-order valence-corrected chi connectivity index (χ4v) is 2.74. The lowest BCUT2D eigenvalue weighted by molar-refractivity contribution is 0.100. The zero-order valence-electron chi connectivity index (χ0n) is 12.2. The first-order chi connectivity index (χ1) is 10.0. The number of rotatable bonds is 0. The molecule has 0 spiro atoms. The molecule has 0 N–H and O–H groups in total. The van der Waals surface area contributed by atoms with Crippen molar-refractivity contribution in [3.8, 4) is 17.0 Å². The van der Waals surface area contributed by atoms with E-state index in [1.165, 1.54) is 5.56 Å². The van der Waals surface area contributed by atoms with Crippen LogP contribution < -0.4 is 4.74 Å². The summed E-state index contributed by atoms with van der Waals surface area (Å²) < 4.78 is 6.13. The highest BCUT2D eigenvalue weighted by atomic mass is 16.5. The molecule has 3 heterocycles. The average Bonchev–Trinajstić information content (AvgIpc) is 2.47. The quantitative estimate of drug-likeness (QED) is 0.629. The Balaban J connectivity index is 2.10. The predicted octanol–water partition coefficient (Wildman–Crippen LogP) is 3.63. The molecule has 0 aliphatic carbocycles. The number of ether oxygens (including phenoxy) is 1. The lowest BCUT2D eigenvalue weighted by Crippen LogP contribution is -2.31. The summed E-state index contributed by atoms with van der Waals surface area (Å²) in [5.41, 5.74) is 4.85. The second-order valence-corrected chi connectivity index (χ2v) is 5.88. The SMILES string of the molecule is Cc1ccc2c(c1)-c1nc3ncccc3nc1C(C)(C)O2. The van der Waals surface area contributed by atoms with Crippen LogP contribution in [0.4, 0.5) is 0 Å². The normalized spacial score (nSPS) is 15.2. The van der Waals surface area contributed by atoms with Gasteiger partial charge in [0.1, 0.15) is 28.3 Å². The van der Waals surface area contributed by atoms with E-state index in [-0.39, 0.29) is 0 Å². The Kier molecular flexibility index (Phi) is 2.34. The third-order valence-corrected chi connectivity index (χ3v) is 3.77. The second kappa shape index (κ2) is 4.01. The minimum Gasteiger partial charge on any atom is -0.481 e. The first-order valence-electron chi connectivity index (χ1n) is 6.98. The molecule has 104 valence electrons. The van der Waals surface area contributed by atoms with Gasteiger partial charge in [0.05, 0.1) is 0 Å². The molecule has 1 aliphatic rings. The molecule has 0 radical (unpaired) electrons. The molecule has 0 fully saturated rings. The molecule has 4 nitrogen and oxygen atoms in total. The van der Waals surface area contributed by atoms with E-state index in [1.54, 1.807) is 6.20 Å². The smallest absolute Gasteiger partial charge is 0.178 e. The highest BCUT2D eigenvalue weighted by Crippen LogP contribution is 2.43. The summed E-state index contributed by atoms with van der Waals surface area (Å²) in [4.78, 5) is 13.8. The van der Waals surface area contributed by atoms with Gasteiger partial charge < -0.3 is 4.74 Å². The molecule has 0 unspecified atom stereocenters. The van der Waals surface area contributed by atoms with Crippen LogP contribution in [0.25, 0.3) is 22.4 Å². The van der Waals surface area contributed by atoms with Crippen LogP contribution in [0.2, 0.25) is 0 Å². The maximum Gasteiger partial charge on any atom is 0.178 e. The zero-order chi connectivity index (χ0) is 14.6. The maximum atomic E-state index is 6.13. The Hall–Kier alpha value is -2.49. The summed E-state index contributed by atoms with van der Waals surface area (Å²) in [6, 6.07) is 9.94. The van der Waals surface area contributed by atoms with Gasteiger partial charge in [-0.1, -0.05) is 11.6 Å². The summed E-state index contributed by atoms with van der Waals surface area (Å²) in [5.74, 6) is 0.850. The number of hydrogen-bond acceptors (Lipinski definition) is 4. The van der Waals surface area contributed by atoms with Crippen molar-refractivity contribution >= 4 is 11.2 Å². The Labute approximate surface area is 122 Å². The van der Waals surface area contributed by atoms with Crippen molar-refractivity contribution in [2.24, 2.45) is 0 Å². The summed E-state index contributed by atoms with van der Waals surface area (Å²) in [6.07, 6.45) is 1.74. The number of pyridine rings is 1. The molecule has 0 saturated carbocycles. The molecular weight excluding hydrogens is 262 g/mol. The number of benzene rings is 1. The van der Waals surface area contributed by atoms with E-state index in [0.717, 1.165) is 28.2 Å². The molecule has 4 heteroatoms. The predicted molar refractivity (Wildman–Crippen MR) is 81.2 cm³/mol. The van der Waals surface area contributed by atoms with E-state index in [9.17, 15) is 0 Å². The van der Waals surface area contributed by atoms with Crippen molar-refractivity contribution < 1.29 is 4.74 Å². The molecule has 0 atom stereocenters. The molecule has 4 rings (SSSR count). The van der Waals surface area contributed by atoms with Gasteiger partial charge in [0, 0.05) is 11.8 Å². The van der Waals surface area contributed by atoms with Gasteiger partial charge in [0.25, 0.3) is 0 Å². The van der Waals surface area contributed by atoms with Crippen LogP contribution in [-0.4, -0.2) is 15.0 Å². The fraction of sp³-hybridized carbons (Fsp3) is 0.235. The first kappa shape index (κ1) is 12.3. The number of hydrogen-bond donors (Lipinski definition) is 0. The third kappa shape index (κ3) is 1.79. The standard InChI is InChI=1S/C17H15N3O/c1-10-6-7-13-11(9-10)14-15(17(2,3)21-13)19-12-5-4-8-18-16(12)20-14/h4-9H,1-3H3. The topological polar surface area (TPSA) is 47.9 Å². The van der Waals surface area contributed by atoms with Crippen LogP contribution in [0.15, 0.2) is 36.5 Å². The Morgan fingerprint density at radius 1 is 1.10 bits per heavy atom.